The number of hydrogen-bond donors (Lipinski definition) is 3. The lowest BCUT2D eigenvalue weighted by Crippen LogP contribution is -2.16. The average Bonchev–Trinajstić information content (AvgIpc) is 2.47. The minimum absolute atomic E-state index is 0.189. The molecule has 5 N–H and O–H groups in total. The Bertz CT molecular complexity index is 578. The van der Waals surface area contributed by atoms with Gasteiger partial charge in [0.25, 0.3) is 0 Å². The second-order valence-electron chi connectivity index (χ2n) is 4.07. The van der Waals surface area contributed by atoms with E-state index in [4.69, 9.17) is 11.6 Å². The summed E-state index contributed by atoms with van der Waals surface area (Å²) in [5.41, 5.74) is 11.0. The molecule has 98 valence electrons. The number of benzene rings is 2. The van der Waals surface area contributed by atoms with Gasteiger partial charge in [-0.3, -0.25) is 0 Å². The van der Waals surface area contributed by atoms with Crippen molar-refractivity contribution in [2.24, 2.45) is 16.7 Å². The lowest BCUT2D eigenvalue weighted by Gasteiger charge is -2.09. The van der Waals surface area contributed by atoms with Gasteiger partial charge in [-0.25, -0.2) is 0 Å². The van der Waals surface area contributed by atoms with Gasteiger partial charge >= 0.3 is 0 Å². The Morgan fingerprint density at radius 3 is 2.42 bits per heavy atom. The van der Waals surface area contributed by atoms with Crippen LogP contribution in [0.15, 0.2) is 53.6 Å². The van der Waals surface area contributed by atoms with E-state index >= 15 is 0 Å². The van der Waals surface area contributed by atoms with Crippen molar-refractivity contribution in [3.05, 3.63) is 59.7 Å². The molecule has 0 saturated carbocycles. The number of rotatable bonds is 4. The number of amidine groups is 1. The molecule has 0 amide bonds. The summed E-state index contributed by atoms with van der Waals surface area (Å²) in [6.07, 6.45) is 0. The molecule has 0 atom stereocenters. The van der Waals surface area contributed by atoms with E-state index in [9.17, 15) is 4.48 Å². The smallest absolute Gasteiger partial charge is 0.150 e. The Kier molecular flexibility index (Phi) is 4.10. The summed E-state index contributed by atoms with van der Waals surface area (Å²) in [5.74, 6) is 5.51. The Labute approximate surface area is 110 Å². The average molecular weight is 258 g/mol. The molecule has 2 rings (SSSR count). The van der Waals surface area contributed by atoms with Crippen molar-refractivity contribution in [1.29, 1.82) is 0 Å². The zero-order valence-corrected chi connectivity index (χ0v) is 10.3. The van der Waals surface area contributed by atoms with Gasteiger partial charge in [0.2, 0.25) is 0 Å². The van der Waals surface area contributed by atoms with Crippen molar-refractivity contribution >= 4 is 5.84 Å². The first kappa shape index (κ1) is 13.0. The molecule has 0 fully saturated rings. The molecule has 0 bridgehead atoms. The fraction of sp³-hybridized carbons (Fsp3) is 0.0714. The Morgan fingerprint density at radius 1 is 1.11 bits per heavy atom. The van der Waals surface area contributed by atoms with Crippen molar-refractivity contribution in [3.63, 3.8) is 0 Å². The SMILES string of the molecule is N/N=C(\N)c1ccccc1-c1ccc(CNF)cc1. The van der Waals surface area contributed by atoms with E-state index in [0.29, 0.717) is 0 Å². The van der Waals surface area contributed by atoms with Crippen LogP contribution < -0.4 is 17.1 Å². The van der Waals surface area contributed by atoms with Crippen LogP contribution in [-0.2, 0) is 6.54 Å². The molecule has 0 unspecified atom stereocenters. The van der Waals surface area contributed by atoms with Crippen LogP contribution in [0.25, 0.3) is 11.1 Å². The quantitative estimate of drug-likeness (QED) is 0.258. The molecule has 2 aromatic carbocycles. The van der Waals surface area contributed by atoms with Gasteiger partial charge in [-0.2, -0.15) is 10.6 Å². The highest BCUT2D eigenvalue weighted by Crippen LogP contribution is 2.23. The van der Waals surface area contributed by atoms with E-state index in [1.54, 1.807) is 5.54 Å². The topological polar surface area (TPSA) is 76.4 Å². The molecule has 4 nitrogen and oxygen atoms in total. The number of halogens is 1. The minimum Gasteiger partial charge on any atom is -0.382 e. The minimum atomic E-state index is 0.189. The number of hydrazone groups is 1. The first-order valence-electron chi connectivity index (χ1n) is 5.82. The maximum Gasteiger partial charge on any atom is 0.150 e. The van der Waals surface area contributed by atoms with Crippen molar-refractivity contribution in [2.45, 2.75) is 6.54 Å². The van der Waals surface area contributed by atoms with Crippen LogP contribution in [0, 0.1) is 0 Å². The first-order valence-corrected chi connectivity index (χ1v) is 5.82. The molecule has 0 aliphatic rings. The Morgan fingerprint density at radius 2 is 1.79 bits per heavy atom. The Balaban J connectivity index is 2.41. The van der Waals surface area contributed by atoms with Gasteiger partial charge in [0.05, 0.1) is 6.54 Å². The molecule has 0 radical (unpaired) electrons. The number of nitrogens with zero attached hydrogens (tertiary/aromatic N) is 1. The van der Waals surface area contributed by atoms with Gasteiger partial charge in [-0.1, -0.05) is 48.5 Å². The summed E-state index contributed by atoms with van der Waals surface area (Å²) in [7, 11) is 0. The van der Waals surface area contributed by atoms with Gasteiger partial charge in [-0.15, -0.1) is 4.48 Å². The van der Waals surface area contributed by atoms with Crippen molar-refractivity contribution in [1.82, 2.24) is 5.54 Å². The summed E-state index contributed by atoms with van der Waals surface area (Å²) in [6, 6.07) is 15.1. The number of hydrogen-bond acceptors (Lipinski definition) is 3. The fourth-order valence-electron chi connectivity index (χ4n) is 1.91. The Hall–Kier alpha value is -2.40. The van der Waals surface area contributed by atoms with E-state index < -0.39 is 0 Å². The molecule has 0 aliphatic carbocycles. The van der Waals surface area contributed by atoms with Gasteiger partial charge in [-0.05, 0) is 16.7 Å². The van der Waals surface area contributed by atoms with Gasteiger partial charge in [0, 0.05) is 5.56 Å². The summed E-state index contributed by atoms with van der Waals surface area (Å²) >= 11 is 0. The van der Waals surface area contributed by atoms with Crippen molar-refractivity contribution in [2.75, 3.05) is 0 Å². The summed E-state index contributed by atoms with van der Waals surface area (Å²) < 4.78 is 12.0. The van der Waals surface area contributed by atoms with Crippen LogP contribution in [0.1, 0.15) is 11.1 Å². The van der Waals surface area contributed by atoms with E-state index in [0.717, 1.165) is 22.3 Å². The van der Waals surface area contributed by atoms with Crippen LogP contribution in [0.3, 0.4) is 0 Å². The molecular weight excluding hydrogens is 243 g/mol. The van der Waals surface area contributed by atoms with Gasteiger partial charge in [0.15, 0.2) is 5.84 Å². The van der Waals surface area contributed by atoms with Gasteiger partial charge in [0.1, 0.15) is 0 Å². The third-order valence-electron chi connectivity index (χ3n) is 2.88. The highest BCUT2D eigenvalue weighted by molar-refractivity contribution is 6.03. The number of nitrogens with one attached hydrogen (secondary N) is 1. The highest BCUT2D eigenvalue weighted by atomic mass is 19.2. The molecular formula is C14H15FN4. The van der Waals surface area contributed by atoms with E-state index in [2.05, 4.69) is 5.10 Å². The predicted octanol–water partition coefficient (Wildman–Crippen LogP) is 1.91. The normalized spacial score (nSPS) is 11.5. The molecule has 0 saturated heterocycles. The van der Waals surface area contributed by atoms with E-state index in [1.807, 2.05) is 48.5 Å². The van der Waals surface area contributed by atoms with Crippen LogP contribution in [0.5, 0.6) is 0 Å². The zero-order valence-electron chi connectivity index (χ0n) is 10.3. The molecule has 19 heavy (non-hydrogen) atoms. The molecule has 0 aromatic heterocycles. The predicted molar refractivity (Wildman–Crippen MR) is 74.7 cm³/mol. The summed E-state index contributed by atoms with van der Waals surface area (Å²) in [6.45, 7) is 0.189. The lowest BCUT2D eigenvalue weighted by molar-refractivity contribution is 0.330. The summed E-state index contributed by atoms with van der Waals surface area (Å²) in [4.78, 5) is 0. The molecule has 5 heteroatoms. The largest absolute Gasteiger partial charge is 0.382 e. The highest BCUT2D eigenvalue weighted by Gasteiger charge is 2.07. The second kappa shape index (κ2) is 5.97. The monoisotopic (exact) mass is 258 g/mol. The molecule has 2 aromatic rings. The van der Waals surface area contributed by atoms with Crippen molar-refractivity contribution in [3.8, 4) is 11.1 Å². The maximum atomic E-state index is 12.0. The van der Waals surface area contributed by atoms with Crippen molar-refractivity contribution < 1.29 is 4.48 Å². The molecule has 0 heterocycles. The molecule has 0 spiro atoms. The van der Waals surface area contributed by atoms with E-state index in [1.165, 1.54) is 0 Å². The van der Waals surface area contributed by atoms with Crippen LogP contribution in [0.2, 0.25) is 0 Å². The van der Waals surface area contributed by atoms with E-state index in [-0.39, 0.29) is 12.4 Å². The standard InChI is InChI=1S/C14H15FN4/c15-18-9-10-5-7-11(8-6-10)12-3-1-2-4-13(12)14(16)19-17/h1-8,18H,9,17H2,(H2,16,19). The zero-order chi connectivity index (χ0) is 13.7. The maximum absolute atomic E-state index is 12.0. The lowest BCUT2D eigenvalue weighted by atomic mass is 9.98. The third-order valence-corrected chi connectivity index (χ3v) is 2.88. The van der Waals surface area contributed by atoms with Gasteiger partial charge < -0.3 is 11.6 Å². The first-order chi connectivity index (χ1) is 9.26. The number of nitrogens with two attached hydrogens (primary N) is 2. The fourth-order valence-corrected chi connectivity index (χ4v) is 1.91. The van der Waals surface area contributed by atoms with Crippen LogP contribution >= 0.6 is 0 Å². The second-order valence-corrected chi connectivity index (χ2v) is 4.07. The summed E-state index contributed by atoms with van der Waals surface area (Å²) in [5, 5.41) is 3.53. The third kappa shape index (κ3) is 2.89. The molecule has 0 aliphatic heterocycles. The van der Waals surface area contributed by atoms with Crippen LogP contribution in [-0.4, -0.2) is 5.84 Å². The van der Waals surface area contributed by atoms with Crippen LogP contribution in [0.4, 0.5) is 4.48 Å².